The maximum absolute atomic E-state index is 9.61. The number of aromatic nitrogens is 2. The molecule has 1 aromatic heterocycles. The topological polar surface area (TPSA) is 73.3 Å². The van der Waals surface area contributed by atoms with Gasteiger partial charge in [-0.3, -0.25) is 0 Å². The number of aryl methyl sites for hydroxylation is 1. The fourth-order valence-corrected chi connectivity index (χ4v) is 3.61. The van der Waals surface area contributed by atoms with Crippen molar-refractivity contribution in [1.82, 2.24) is 15.3 Å². The van der Waals surface area contributed by atoms with Gasteiger partial charge in [0.1, 0.15) is 11.6 Å². The SMILES string of the molecule is Cc1cc(CNCC2CCC(Nc3nccc(N(C)C)n3)CC2)ccc1O. The van der Waals surface area contributed by atoms with Crippen molar-refractivity contribution in [2.75, 3.05) is 30.9 Å². The zero-order valence-corrected chi connectivity index (χ0v) is 16.6. The second-order valence-corrected chi connectivity index (χ2v) is 7.75. The van der Waals surface area contributed by atoms with Crippen LogP contribution in [-0.4, -0.2) is 41.8 Å². The van der Waals surface area contributed by atoms with Crippen molar-refractivity contribution in [3.05, 3.63) is 41.6 Å². The molecule has 6 heteroatoms. The summed E-state index contributed by atoms with van der Waals surface area (Å²) in [4.78, 5) is 10.9. The van der Waals surface area contributed by atoms with Crippen LogP contribution in [-0.2, 0) is 6.54 Å². The van der Waals surface area contributed by atoms with Crippen LogP contribution in [0.5, 0.6) is 5.75 Å². The molecular formula is C21H31N5O. The first kappa shape index (κ1) is 19.4. The predicted molar refractivity (Wildman–Crippen MR) is 110 cm³/mol. The van der Waals surface area contributed by atoms with E-state index in [-0.39, 0.29) is 0 Å². The van der Waals surface area contributed by atoms with Crippen LogP contribution in [0.3, 0.4) is 0 Å². The first-order chi connectivity index (χ1) is 13.0. The number of benzene rings is 1. The highest BCUT2D eigenvalue weighted by Gasteiger charge is 2.21. The number of hydrogen-bond acceptors (Lipinski definition) is 6. The van der Waals surface area contributed by atoms with E-state index in [2.05, 4.69) is 20.6 Å². The molecule has 1 fully saturated rings. The zero-order valence-electron chi connectivity index (χ0n) is 16.6. The number of nitrogens with one attached hydrogen (secondary N) is 2. The fourth-order valence-electron chi connectivity index (χ4n) is 3.61. The Morgan fingerprint density at radius 2 is 1.93 bits per heavy atom. The van der Waals surface area contributed by atoms with Crippen molar-refractivity contribution < 1.29 is 5.11 Å². The van der Waals surface area contributed by atoms with Gasteiger partial charge in [0.25, 0.3) is 0 Å². The van der Waals surface area contributed by atoms with Gasteiger partial charge in [0, 0.05) is 32.9 Å². The summed E-state index contributed by atoms with van der Waals surface area (Å²) in [5.41, 5.74) is 2.15. The summed E-state index contributed by atoms with van der Waals surface area (Å²) >= 11 is 0. The maximum atomic E-state index is 9.61. The molecule has 0 aliphatic heterocycles. The van der Waals surface area contributed by atoms with Gasteiger partial charge in [0.15, 0.2) is 0 Å². The Morgan fingerprint density at radius 1 is 1.15 bits per heavy atom. The predicted octanol–water partition coefficient (Wildman–Crippen LogP) is 3.32. The largest absolute Gasteiger partial charge is 0.508 e. The van der Waals surface area contributed by atoms with Crippen LogP contribution in [0.1, 0.15) is 36.8 Å². The molecule has 0 unspecified atom stereocenters. The third kappa shape index (κ3) is 5.57. The molecule has 1 aliphatic carbocycles. The van der Waals surface area contributed by atoms with Crippen LogP contribution in [0, 0.1) is 12.8 Å². The number of phenols is 1. The van der Waals surface area contributed by atoms with Gasteiger partial charge < -0.3 is 20.6 Å². The second kappa shape index (κ2) is 9.04. The van der Waals surface area contributed by atoms with E-state index in [0.29, 0.717) is 11.8 Å². The van der Waals surface area contributed by atoms with Gasteiger partial charge in [0.2, 0.25) is 5.95 Å². The summed E-state index contributed by atoms with van der Waals surface area (Å²) in [6.45, 7) is 3.83. The van der Waals surface area contributed by atoms with Gasteiger partial charge in [0.05, 0.1) is 0 Å². The number of hydrogen-bond donors (Lipinski definition) is 3. The summed E-state index contributed by atoms with van der Waals surface area (Å²) in [5, 5.41) is 16.7. The molecule has 6 nitrogen and oxygen atoms in total. The van der Waals surface area contributed by atoms with Crippen LogP contribution >= 0.6 is 0 Å². The highest BCUT2D eigenvalue weighted by atomic mass is 16.3. The van der Waals surface area contributed by atoms with Crippen molar-refractivity contribution in [2.24, 2.45) is 5.92 Å². The number of aromatic hydroxyl groups is 1. The Kier molecular flexibility index (Phi) is 6.50. The lowest BCUT2D eigenvalue weighted by Crippen LogP contribution is -2.31. The lowest BCUT2D eigenvalue weighted by molar-refractivity contribution is 0.323. The van der Waals surface area contributed by atoms with Gasteiger partial charge in [-0.1, -0.05) is 12.1 Å². The van der Waals surface area contributed by atoms with Gasteiger partial charge in [-0.15, -0.1) is 0 Å². The monoisotopic (exact) mass is 369 g/mol. The minimum absolute atomic E-state index is 0.365. The molecule has 1 heterocycles. The molecule has 0 bridgehead atoms. The minimum Gasteiger partial charge on any atom is -0.508 e. The molecule has 27 heavy (non-hydrogen) atoms. The molecule has 3 rings (SSSR count). The average molecular weight is 370 g/mol. The van der Waals surface area contributed by atoms with Crippen molar-refractivity contribution in [3.63, 3.8) is 0 Å². The average Bonchev–Trinajstić information content (AvgIpc) is 2.66. The van der Waals surface area contributed by atoms with E-state index >= 15 is 0 Å². The van der Waals surface area contributed by atoms with E-state index in [1.165, 1.54) is 18.4 Å². The van der Waals surface area contributed by atoms with Gasteiger partial charge >= 0.3 is 0 Å². The van der Waals surface area contributed by atoms with Crippen LogP contribution in [0.4, 0.5) is 11.8 Å². The van der Waals surface area contributed by atoms with E-state index in [0.717, 1.165) is 49.2 Å². The Labute approximate surface area is 162 Å². The van der Waals surface area contributed by atoms with Crippen LogP contribution < -0.4 is 15.5 Å². The van der Waals surface area contributed by atoms with Crippen molar-refractivity contribution >= 4 is 11.8 Å². The maximum Gasteiger partial charge on any atom is 0.224 e. The Balaban J connectivity index is 1.40. The lowest BCUT2D eigenvalue weighted by Gasteiger charge is -2.29. The molecule has 1 aromatic carbocycles. The standard InChI is InChI=1S/C21H31N5O/c1-15-12-17(6-9-19(15)27)14-22-13-16-4-7-18(8-5-16)24-21-23-11-10-20(25-21)26(2)3/h6,9-12,16,18,22,27H,4-5,7-8,13-14H2,1-3H3,(H,23,24,25). The zero-order chi connectivity index (χ0) is 19.2. The van der Waals surface area contributed by atoms with E-state index in [9.17, 15) is 5.11 Å². The third-order valence-corrected chi connectivity index (χ3v) is 5.30. The Bertz CT molecular complexity index is 741. The fraction of sp³-hybridized carbons (Fsp3) is 0.524. The molecule has 2 aromatic rings. The molecule has 146 valence electrons. The second-order valence-electron chi connectivity index (χ2n) is 7.75. The molecule has 0 radical (unpaired) electrons. The van der Waals surface area contributed by atoms with E-state index < -0.39 is 0 Å². The molecule has 0 amide bonds. The molecule has 3 N–H and O–H groups in total. The highest BCUT2D eigenvalue weighted by molar-refractivity contribution is 5.41. The van der Waals surface area contributed by atoms with E-state index in [1.54, 1.807) is 6.07 Å². The van der Waals surface area contributed by atoms with Gasteiger partial charge in [-0.05, 0) is 68.3 Å². The lowest BCUT2D eigenvalue weighted by atomic mass is 9.86. The normalized spacial score (nSPS) is 19.7. The van der Waals surface area contributed by atoms with Crippen molar-refractivity contribution in [1.29, 1.82) is 0 Å². The summed E-state index contributed by atoms with van der Waals surface area (Å²) < 4.78 is 0. The van der Waals surface area contributed by atoms with Crippen LogP contribution in [0.25, 0.3) is 0 Å². The highest BCUT2D eigenvalue weighted by Crippen LogP contribution is 2.26. The first-order valence-corrected chi connectivity index (χ1v) is 9.77. The number of rotatable bonds is 7. The molecule has 0 saturated heterocycles. The summed E-state index contributed by atoms with van der Waals surface area (Å²) in [6.07, 6.45) is 6.55. The number of anilines is 2. The summed E-state index contributed by atoms with van der Waals surface area (Å²) in [6, 6.07) is 8.18. The summed E-state index contributed by atoms with van der Waals surface area (Å²) in [5.74, 6) is 2.74. The number of nitrogens with zero attached hydrogens (tertiary/aromatic N) is 3. The van der Waals surface area contributed by atoms with E-state index in [4.69, 9.17) is 0 Å². The molecule has 0 atom stereocenters. The quantitative estimate of drug-likeness (QED) is 0.695. The minimum atomic E-state index is 0.365. The molecule has 1 saturated carbocycles. The summed E-state index contributed by atoms with van der Waals surface area (Å²) in [7, 11) is 3.98. The Hall–Kier alpha value is -2.34. The molecular weight excluding hydrogens is 338 g/mol. The van der Waals surface area contributed by atoms with Crippen LogP contribution in [0.2, 0.25) is 0 Å². The van der Waals surface area contributed by atoms with Gasteiger partial charge in [-0.25, -0.2) is 4.98 Å². The van der Waals surface area contributed by atoms with E-state index in [1.807, 2.05) is 50.3 Å². The number of phenolic OH excluding ortho intramolecular Hbond substituents is 1. The molecule has 1 aliphatic rings. The smallest absolute Gasteiger partial charge is 0.224 e. The van der Waals surface area contributed by atoms with Crippen LogP contribution in [0.15, 0.2) is 30.5 Å². The Morgan fingerprint density at radius 3 is 2.63 bits per heavy atom. The molecule has 0 spiro atoms. The first-order valence-electron chi connectivity index (χ1n) is 9.77. The van der Waals surface area contributed by atoms with Crippen molar-refractivity contribution in [2.45, 2.75) is 45.2 Å². The van der Waals surface area contributed by atoms with Crippen molar-refractivity contribution in [3.8, 4) is 5.75 Å². The third-order valence-electron chi connectivity index (χ3n) is 5.30. The van der Waals surface area contributed by atoms with Gasteiger partial charge in [-0.2, -0.15) is 4.98 Å².